The second-order valence-corrected chi connectivity index (χ2v) is 8.04. The molecule has 0 bridgehead atoms. The summed E-state index contributed by atoms with van der Waals surface area (Å²) in [6.07, 6.45) is 0. The lowest BCUT2D eigenvalue weighted by Crippen LogP contribution is -2.36. The summed E-state index contributed by atoms with van der Waals surface area (Å²) in [5.74, 6) is 2.29. The maximum absolute atomic E-state index is 13.6. The first-order valence-corrected chi connectivity index (χ1v) is 9.44. The highest BCUT2D eigenvalue weighted by molar-refractivity contribution is 5.30. The van der Waals surface area contributed by atoms with Gasteiger partial charge in [0.1, 0.15) is 11.5 Å². The Morgan fingerprint density at radius 2 is 1.93 bits per heavy atom. The van der Waals surface area contributed by atoms with Crippen molar-refractivity contribution in [3.05, 3.63) is 53.2 Å². The summed E-state index contributed by atoms with van der Waals surface area (Å²) in [7, 11) is 1.48. The van der Waals surface area contributed by atoms with E-state index < -0.39 is 0 Å². The molecule has 0 saturated carbocycles. The quantitative estimate of drug-likeness (QED) is 0.842. The van der Waals surface area contributed by atoms with Crippen LogP contribution < -0.4 is 4.74 Å². The van der Waals surface area contributed by atoms with Gasteiger partial charge in [0.25, 0.3) is 0 Å². The molecule has 27 heavy (non-hydrogen) atoms. The molecule has 2 saturated heterocycles. The molecular weight excluding hydrogens is 347 g/mol. The molecule has 1 aromatic carbocycles. The number of benzene rings is 1. The van der Waals surface area contributed by atoms with Crippen LogP contribution in [0.25, 0.3) is 0 Å². The smallest absolute Gasteiger partial charge is 0.165 e. The van der Waals surface area contributed by atoms with E-state index in [-0.39, 0.29) is 23.6 Å². The van der Waals surface area contributed by atoms with E-state index >= 15 is 0 Å². The Kier molecular flexibility index (Phi) is 4.97. The average molecular weight is 374 g/mol. The number of fused-ring (bicyclic) bond motifs is 1. The first-order chi connectivity index (χ1) is 13.0. The van der Waals surface area contributed by atoms with Crippen LogP contribution in [0.3, 0.4) is 0 Å². The van der Waals surface area contributed by atoms with Gasteiger partial charge in [-0.25, -0.2) is 4.39 Å². The molecule has 5 nitrogen and oxygen atoms in total. The number of methoxy groups -OCH3 is 1. The molecule has 2 atom stereocenters. The Hall–Kier alpha value is -1.89. The number of likely N-dealkylation sites (tertiary alicyclic amines) is 2. The van der Waals surface area contributed by atoms with Gasteiger partial charge in [-0.2, -0.15) is 0 Å². The molecule has 4 rings (SSSR count). The van der Waals surface area contributed by atoms with Gasteiger partial charge in [0, 0.05) is 38.1 Å². The molecule has 0 aliphatic carbocycles. The molecule has 2 aliphatic heterocycles. The summed E-state index contributed by atoms with van der Waals surface area (Å²) in [6, 6.07) is 9.06. The van der Waals surface area contributed by atoms with E-state index in [0.717, 1.165) is 56.4 Å². The highest BCUT2D eigenvalue weighted by Gasteiger charge is 2.51. The lowest BCUT2D eigenvalue weighted by atomic mass is 9.82. The zero-order valence-electron chi connectivity index (χ0n) is 15.9. The van der Waals surface area contributed by atoms with Crippen molar-refractivity contribution in [2.24, 2.45) is 11.3 Å². The Bertz CT molecular complexity index is 808. The number of furan rings is 1. The van der Waals surface area contributed by atoms with E-state index in [9.17, 15) is 9.50 Å². The molecular formula is C21H27FN2O3. The topological polar surface area (TPSA) is 49.1 Å². The molecule has 0 amide bonds. The number of nitrogens with zero attached hydrogens (tertiary/aromatic N) is 2. The molecule has 0 spiro atoms. The highest BCUT2D eigenvalue weighted by atomic mass is 19.1. The minimum absolute atomic E-state index is 0.0915. The fraction of sp³-hybridized carbons (Fsp3) is 0.524. The number of aryl methyl sites for hydroxylation is 1. The van der Waals surface area contributed by atoms with Crippen LogP contribution >= 0.6 is 0 Å². The SMILES string of the molecule is COc1cc(CN2CC3CN(Cc4ccc(C)o4)CC3(CO)C2)ccc1F. The summed E-state index contributed by atoms with van der Waals surface area (Å²) < 4.78 is 24.4. The van der Waals surface area contributed by atoms with Gasteiger partial charge in [0.15, 0.2) is 11.6 Å². The van der Waals surface area contributed by atoms with Gasteiger partial charge >= 0.3 is 0 Å². The lowest BCUT2D eigenvalue weighted by molar-refractivity contribution is 0.109. The lowest BCUT2D eigenvalue weighted by Gasteiger charge is -2.27. The Balaban J connectivity index is 1.41. The molecule has 0 radical (unpaired) electrons. The van der Waals surface area contributed by atoms with Gasteiger partial charge in [-0.15, -0.1) is 0 Å². The summed E-state index contributed by atoms with van der Waals surface area (Å²) in [5, 5.41) is 10.2. The molecule has 2 fully saturated rings. The van der Waals surface area contributed by atoms with Crippen LogP contribution in [0.5, 0.6) is 5.75 Å². The molecule has 1 N–H and O–H groups in total. The van der Waals surface area contributed by atoms with Gasteiger partial charge in [-0.05, 0) is 42.7 Å². The van der Waals surface area contributed by atoms with Crippen LogP contribution in [-0.2, 0) is 13.1 Å². The maximum atomic E-state index is 13.6. The third-order valence-electron chi connectivity index (χ3n) is 6.01. The number of ether oxygens (including phenoxy) is 1. The van der Waals surface area contributed by atoms with Crippen molar-refractivity contribution in [1.29, 1.82) is 0 Å². The molecule has 6 heteroatoms. The van der Waals surface area contributed by atoms with Crippen molar-refractivity contribution in [1.82, 2.24) is 9.80 Å². The molecule has 2 aliphatic rings. The Labute approximate surface area is 159 Å². The third-order valence-corrected chi connectivity index (χ3v) is 6.01. The van der Waals surface area contributed by atoms with E-state index in [4.69, 9.17) is 9.15 Å². The van der Waals surface area contributed by atoms with Gasteiger partial charge in [0.2, 0.25) is 0 Å². The van der Waals surface area contributed by atoms with Crippen molar-refractivity contribution >= 4 is 0 Å². The van der Waals surface area contributed by atoms with E-state index in [1.165, 1.54) is 13.2 Å². The van der Waals surface area contributed by atoms with Crippen molar-refractivity contribution in [2.75, 3.05) is 39.9 Å². The van der Waals surface area contributed by atoms with Gasteiger partial charge in [-0.1, -0.05) is 6.07 Å². The molecule has 2 aromatic rings. The van der Waals surface area contributed by atoms with E-state index in [2.05, 4.69) is 9.80 Å². The largest absolute Gasteiger partial charge is 0.494 e. The van der Waals surface area contributed by atoms with Crippen LogP contribution in [0.4, 0.5) is 4.39 Å². The number of rotatable bonds is 6. The molecule has 3 heterocycles. The zero-order chi connectivity index (χ0) is 19.0. The number of aliphatic hydroxyl groups is 1. The summed E-state index contributed by atoms with van der Waals surface area (Å²) >= 11 is 0. The van der Waals surface area contributed by atoms with E-state index in [0.29, 0.717) is 5.92 Å². The van der Waals surface area contributed by atoms with Crippen molar-refractivity contribution in [2.45, 2.75) is 20.0 Å². The first kappa shape index (κ1) is 18.5. The third kappa shape index (κ3) is 3.61. The predicted molar refractivity (Wildman–Crippen MR) is 100.0 cm³/mol. The van der Waals surface area contributed by atoms with Crippen LogP contribution in [0.15, 0.2) is 34.7 Å². The number of halogens is 1. The fourth-order valence-corrected chi connectivity index (χ4v) is 4.72. The Morgan fingerprint density at radius 1 is 1.19 bits per heavy atom. The fourth-order valence-electron chi connectivity index (χ4n) is 4.72. The van der Waals surface area contributed by atoms with Gasteiger partial charge in [-0.3, -0.25) is 9.80 Å². The number of hydrogen-bond acceptors (Lipinski definition) is 5. The van der Waals surface area contributed by atoms with Crippen LogP contribution in [0.1, 0.15) is 17.1 Å². The van der Waals surface area contributed by atoms with Crippen LogP contribution in [-0.4, -0.2) is 54.8 Å². The Morgan fingerprint density at radius 3 is 2.52 bits per heavy atom. The van der Waals surface area contributed by atoms with Crippen molar-refractivity contribution in [3.63, 3.8) is 0 Å². The number of aliphatic hydroxyl groups excluding tert-OH is 1. The summed E-state index contributed by atoms with van der Waals surface area (Å²) in [5.41, 5.74) is 0.940. The summed E-state index contributed by atoms with van der Waals surface area (Å²) in [4.78, 5) is 4.75. The second kappa shape index (κ2) is 7.26. The molecule has 1 aromatic heterocycles. The van der Waals surface area contributed by atoms with Crippen molar-refractivity contribution in [3.8, 4) is 5.75 Å². The van der Waals surface area contributed by atoms with Gasteiger partial charge in [0.05, 0.1) is 20.3 Å². The van der Waals surface area contributed by atoms with E-state index in [1.807, 2.05) is 25.1 Å². The van der Waals surface area contributed by atoms with Gasteiger partial charge < -0.3 is 14.3 Å². The second-order valence-electron chi connectivity index (χ2n) is 8.04. The van der Waals surface area contributed by atoms with Crippen molar-refractivity contribution < 1.29 is 18.7 Å². The standard InChI is InChI=1S/C21H27FN2O3/c1-15-3-5-18(27-15)11-24-10-17-9-23(12-21(17,13-24)14-25)8-16-4-6-19(22)20(7-16)26-2/h3-7,17,25H,8-14H2,1-2H3. The minimum Gasteiger partial charge on any atom is -0.494 e. The van der Waals surface area contributed by atoms with E-state index in [1.54, 1.807) is 6.07 Å². The predicted octanol–water partition coefficient (Wildman–Crippen LogP) is 2.66. The first-order valence-electron chi connectivity index (χ1n) is 9.44. The maximum Gasteiger partial charge on any atom is 0.165 e. The molecule has 2 unspecified atom stereocenters. The molecule has 146 valence electrons. The normalized spacial score (nSPS) is 25.9. The van der Waals surface area contributed by atoms with Crippen LogP contribution in [0, 0.1) is 24.1 Å². The average Bonchev–Trinajstić information content (AvgIpc) is 3.29. The zero-order valence-corrected chi connectivity index (χ0v) is 15.9. The number of hydrogen-bond donors (Lipinski definition) is 1. The van der Waals surface area contributed by atoms with Crippen LogP contribution in [0.2, 0.25) is 0 Å². The summed E-state index contributed by atoms with van der Waals surface area (Å²) in [6.45, 7) is 7.30. The highest BCUT2D eigenvalue weighted by Crippen LogP contribution is 2.43. The monoisotopic (exact) mass is 374 g/mol. The minimum atomic E-state index is -0.338.